The number of hydrogen-bond donors (Lipinski definition) is 0. The van der Waals surface area contributed by atoms with Crippen LogP contribution in [0, 0.1) is 3.70 Å². The minimum atomic E-state index is -2.59. The summed E-state index contributed by atoms with van der Waals surface area (Å²) in [5.74, 6) is -0.0349. The van der Waals surface area contributed by atoms with Crippen molar-refractivity contribution in [2.24, 2.45) is 0 Å². The lowest BCUT2D eigenvalue weighted by Crippen LogP contribution is -1.98. The van der Waals surface area contributed by atoms with Crippen LogP contribution in [0.4, 0.5) is 8.78 Å². The maximum absolute atomic E-state index is 12.4. The Bertz CT molecular complexity index is 320. The third-order valence-electron chi connectivity index (χ3n) is 1.41. The van der Waals surface area contributed by atoms with Crippen LogP contribution in [-0.4, -0.2) is 4.98 Å². The van der Waals surface area contributed by atoms with E-state index in [2.05, 4.69) is 4.98 Å². The second kappa shape index (κ2) is 4.70. The second-order valence-corrected chi connectivity index (χ2v) is 3.93. The summed E-state index contributed by atoms with van der Waals surface area (Å²) in [6.07, 6.45) is -2.59. The summed E-state index contributed by atoms with van der Waals surface area (Å²) in [5, 5.41) is 0.227. The van der Waals surface area contributed by atoms with Crippen LogP contribution in [-0.2, 0) is 5.88 Å². The van der Waals surface area contributed by atoms with E-state index in [-0.39, 0.29) is 22.2 Å². The zero-order chi connectivity index (χ0) is 10.0. The molecule has 0 N–H and O–H groups in total. The van der Waals surface area contributed by atoms with E-state index >= 15 is 0 Å². The molecule has 72 valence electrons. The fourth-order valence-electron chi connectivity index (χ4n) is 0.812. The number of pyridine rings is 1. The highest BCUT2D eigenvalue weighted by Gasteiger charge is 2.16. The van der Waals surface area contributed by atoms with E-state index in [1.807, 2.05) is 22.6 Å². The van der Waals surface area contributed by atoms with Gasteiger partial charge in [0.25, 0.3) is 6.43 Å². The first-order valence-corrected chi connectivity index (χ1v) is 5.24. The Morgan fingerprint density at radius 1 is 1.54 bits per heavy atom. The van der Waals surface area contributed by atoms with Crippen LogP contribution in [0.15, 0.2) is 6.07 Å². The van der Waals surface area contributed by atoms with Gasteiger partial charge in [0.05, 0.1) is 16.6 Å². The predicted octanol–water partition coefficient (Wildman–Crippen LogP) is 4.02. The normalized spacial score (nSPS) is 10.9. The molecular formula is C7H4Cl2F2IN. The minimum Gasteiger partial charge on any atom is -0.244 e. The van der Waals surface area contributed by atoms with Gasteiger partial charge in [0.1, 0.15) is 3.70 Å². The summed E-state index contributed by atoms with van der Waals surface area (Å²) in [7, 11) is 0. The van der Waals surface area contributed by atoms with E-state index in [0.717, 1.165) is 0 Å². The molecule has 0 bridgehead atoms. The van der Waals surface area contributed by atoms with Crippen molar-refractivity contribution in [1.29, 1.82) is 0 Å². The van der Waals surface area contributed by atoms with Gasteiger partial charge in [-0.15, -0.1) is 11.6 Å². The van der Waals surface area contributed by atoms with Gasteiger partial charge < -0.3 is 0 Å². The topological polar surface area (TPSA) is 12.9 Å². The number of rotatable bonds is 2. The lowest BCUT2D eigenvalue weighted by atomic mass is 10.2. The van der Waals surface area contributed by atoms with Crippen LogP contribution in [0.25, 0.3) is 0 Å². The fraction of sp³-hybridized carbons (Fsp3) is 0.286. The summed E-state index contributed by atoms with van der Waals surface area (Å²) in [4.78, 5) is 3.86. The molecule has 1 aromatic heterocycles. The molecular weight excluding hydrogens is 334 g/mol. The molecule has 0 unspecified atom stereocenters. The van der Waals surface area contributed by atoms with Crippen LogP contribution < -0.4 is 0 Å². The van der Waals surface area contributed by atoms with Crippen molar-refractivity contribution in [3.05, 3.63) is 26.0 Å². The molecule has 13 heavy (non-hydrogen) atoms. The van der Waals surface area contributed by atoms with Gasteiger partial charge in [-0.05, 0) is 28.7 Å². The smallest absolute Gasteiger partial charge is 0.244 e. The van der Waals surface area contributed by atoms with Crippen LogP contribution in [0.5, 0.6) is 0 Å². The van der Waals surface area contributed by atoms with Gasteiger partial charge >= 0.3 is 0 Å². The van der Waals surface area contributed by atoms with Crippen molar-refractivity contribution in [2.45, 2.75) is 12.3 Å². The summed E-state index contributed by atoms with van der Waals surface area (Å²) in [5.41, 5.74) is -0.00844. The molecule has 0 aliphatic rings. The Hall–Kier alpha value is 0.320. The maximum atomic E-state index is 12.4. The molecule has 0 radical (unpaired) electrons. The molecule has 0 saturated carbocycles. The Morgan fingerprint density at radius 2 is 2.15 bits per heavy atom. The van der Waals surface area contributed by atoms with Crippen molar-refractivity contribution in [3.63, 3.8) is 0 Å². The summed E-state index contributed by atoms with van der Waals surface area (Å²) < 4.78 is 25.2. The minimum absolute atomic E-state index is 0.0349. The first-order valence-electron chi connectivity index (χ1n) is 3.25. The lowest BCUT2D eigenvalue weighted by molar-refractivity contribution is 0.150. The van der Waals surface area contributed by atoms with E-state index in [0.29, 0.717) is 3.70 Å². The molecule has 0 aromatic carbocycles. The molecule has 1 heterocycles. The van der Waals surface area contributed by atoms with Crippen molar-refractivity contribution in [3.8, 4) is 0 Å². The van der Waals surface area contributed by atoms with Gasteiger partial charge in [-0.3, -0.25) is 0 Å². The van der Waals surface area contributed by atoms with Crippen LogP contribution in [0.2, 0.25) is 5.02 Å². The monoisotopic (exact) mass is 337 g/mol. The molecule has 0 fully saturated rings. The van der Waals surface area contributed by atoms with Gasteiger partial charge in [-0.1, -0.05) is 11.6 Å². The van der Waals surface area contributed by atoms with E-state index in [9.17, 15) is 8.78 Å². The molecule has 1 nitrogen and oxygen atoms in total. The predicted molar refractivity (Wildman–Crippen MR) is 56.5 cm³/mol. The SMILES string of the molecule is FC(F)c1cc(Cl)c(I)nc1CCl. The van der Waals surface area contributed by atoms with Crippen molar-refractivity contribution < 1.29 is 8.78 Å². The van der Waals surface area contributed by atoms with Crippen molar-refractivity contribution >= 4 is 45.8 Å². The van der Waals surface area contributed by atoms with Gasteiger partial charge in [0.2, 0.25) is 0 Å². The Balaban J connectivity index is 3.25. The molecule has 0 atom stereocenters. The van der Waals surface area contributed by atoms with Crippen molar-refractivity contribution in [1.82, 2.24) is 4.98 Å². The molecule has 0 amide bonds. The molecule has 0 aliphatic carbocycles. The summed E-state index contributed by atoms with van der Waals surface area (Å²) >= 11 is 13.0. The Kier molecular flexibility index (Phi) is 4.12. The van der Waals surface area contributed by atoms with E-state index in [4.69, 9.17) is 23.2 Å². The van der Waals surface area contributed by atoms with E-state index < -0.39 is 6.43 Å². The van der Waals surface area contributed by atoms with Crippen LogP contribution in [0.1, 0.15) is 17.7 Å². The lowest BCUT2D eigenvalue weighted by Gasteiger charge is -2.06. The summed E-state index contributed by atoms with van der Waals surface area (Å²) in [6.45, 7) is 0. The molecule has 1 aromatic rings. The van der Waals surface area contributed by atoms with Gasteiger partial charge in [-0.2, -0.15) is 0 Å². The molecule has 0 saturated heterocycles. The third-order valence-corrected chi connectivity index (χ3v) is 3.09. The highest BCUT2D eigenvalue weighted by atomic mass is 127. The zero-order valence-corrected chi connectivity index (χ0v) is 9.87. The van der Waals surface area contributed by atoms with E-state index in [1.54, 1.807) is 0 Å². The van der Waals surface area contributed by atoms with Crippen LogP contribution in [0.3, 0.4) is 0 Å². The van der Waals surface area contributed by atoms with E-state index in [1.165, 1.54) is 6.07 Å². The van der Waals surface area contributed by atoms with Gasteiger partial charge in [0.15, 0.2) is 0 Å². The molecule has 6 heteroatoms. The molecule has 1 rings (SSSR count). The highest BCUT2D eigenvalue weighted by Crippen LogP contribution is 2.28. The maximum Gasteiger partial charge on any atom is 0.265 e. The number of aromatic nitrogens is 1. The average molecular weight is 338 g/mol. The third kappa shape index (κ3) is 2.63. The number of nitrogens with zero attached hydrogens (tertiary/aromatic N) is 1. The number of alkyl halides is 3. The fourth-order valence-corrected chi connectivity index (χ4v) is 1.63. The summed E-state index contributed by atoms with van der Waals surface area (Å²) in [6, 6.07) is 1.21. The first-order chi connectivity index (χ1) is 6.06. The highest BCUT2D eigenvalue weighted by molar-refractivity contribution is 14.1. The Morgan fingerprint density at radius 3 is 2.62 bits per heavy atom. The quantitative estimate of drug-likeness (QED) is 0.451. The van der Waals surface area contributed by atoms with Crippen LogP contribution >= 0.6 is 45.8 Å². The molecule has 0 spiro atoms. The van der Waals surface area contributed by atoms with Gasteiger partial charge in [-0.25, -0.2) is 13.8 Å². The van der Waals surface area contributed by atoms with Crippen molar-refractivity contribution in [2.75, 3.05) is 0 Å². The number of hydrogen-bond acceptors (Lipinski definition) is 1. The largest absolute Gasteiger partial charge is 0.265 e. The average Bonchev–Trinajstić information content (AvgIpc) is 2.08. The first kappa shape index (κ1) is 11.4. The zero-order valence-electron chi connectivity index (χ0n) is 6.20. The number of halogens is 5. The Labute approximate surface area is 97.6 Å². The van der Waals surface area contributed by atoms with Gasteiger partial charge in [0, 0.05) is 5.56 Å². The second-order valence-electron chi connectivity index (χ2n) is 2.23. The molecule has 0 aliphatic heterocycles. The standard InChI is InChI=1S/C7H4Cl2F2IN/c8-2-5-3(6(10)11)1-4(9)7(12)13-5/h1,6H,2H2.